The molecule has 6 nitrogen and oxygen atoms in total. The van der Waals surface area contributed by atoms with E-state index in [9.17, 15) is 0 Å². The lowest BCUT2D eigenvalue weighted by Gasteiger charge is -2.38. The zero-order valence-electron chi connectivity index (χ0n) is 20.4. The van der Waals surface area contributed by atoms with Crippen molar-refractivity contribution in [3.63, 3.8) is 0 Å². The standard InChI is InChI=1S/C23H44N6/c1-10-29-14-13-26(7)20(29)25-23(5,6)16-17-11-12-18-19(15-17)28(9)21(27(18)8)24-22(2,3)4/h17-19H,10-16H2,1-9H3/b24-21+,25-20+/t17?,18-,19+/m0/s1. The molecule has 0 N–H and O–H groups in total. The monoisotopic (exact) mass is 404 g/mol. The van der Waals surface area contributed by atoms with Gasteiger partial charge in [-0.3, -0.25) is 0 Å². The smallest absolute Gasteiger partial charge is 0.197 e. The van der Waals surface area contributed by atoms with E-state index in [0.29, 0.717) is 12.1 Å². The van der Waals surface area contributed by atoms with Crippen LogP contribution in [0.15, 0.2) is 9.98 Å². The molecule has 1 saturated carbocycles. The van der Waals surface area contributed by atoms with Gasteiger partial charge >= 0.3 is 0 Å². The Morgan fingerprint density at radius 3 is 2.14 bits per heavy atom. The summed E-state index contributed by atoms with van der Waals surface area (Å²) >= 11 is 0. The summed E-state index contributed by atoms with van der Waals surface area (Å²) in [6.07, 6.45) is 4.96. The minimum atomic E-state index is -0.0404. The fourth-order valence-corrected chi connectivity index (χ4v) is 5.46. The first kappa shape index (κ1) is 22.2. The lowest BCUT2D eigenvalue weighted by atomic mass is 9.77. The van der Waals surface area contributed by atoms with Crippen LogP contribution < -0.4 is 0 Å². The quantitative estimate of drug-likeness (QED) is 0.720. The van der Waals surface area contributed by atoms with Crippen LogP contribution in [0.25, 0.3) is 0 Å². The molecule has 0 amide bonds. The Bertz CT molecular complexity index is 646. The van der Waals surface area contributed by atoms with Gasteiger partial charge in [-0.1, -0.05) is 0 Å². The zero-order chi connectivity index (χ0) is 21.6. The fraction of sp³-hybridized carbons (Fsp3) is 0.913. The highest BCUT2D eigenvalue weighted by atomic mass is 15.5. The summed E-state index contributed by atoms with van der Waals surface area (Å²) in [4.78, 5) is 19.9. The molecule has 0 aromatic rings. The van der Waals surface area contributed by atoms with Crippen molar-refractivity contribution in [2.24, 2.45) is 15.9 Å². The Morgan fingerprint density at radius 1 is 0.862 bits per heavy atom. The van der Waals surface area contributed by atoms with Gasteiger partial charge in [-0.05, 0) is 73.1 Å². The lowest BCUT2D eigenvalue weighted by molar-refractivity contribution is 0.164. The Morgan fingerprint density at radius 2 is 1.52 bits per heavy atom. The predicted molar refractivity (Wildman–Crippen MR) is 124 cm³/mol. The second kappa shape index (κ2) is 7.99. The number of rotatable bonds is 4. The third-order valence-corrected chi connectivity index (χ3v) is 6.85. The van der Waals surface area contributed by atoms with Crippen molar-refractivity contribution in [2.75, 3.05) is 40.8 Å². The highest BCUT2D eigenvalue weighted by molar-refractivity contribution is 5.83. The van der Waals surface area contributed by atoms with E-state index in [1.165, 1.54) is 31.2 Å². The van der Waals surface area contributed by atoms with Gasteiger partial charge in [0.25, 0.3) is 0 Å². The molecule has 0 radical (unpaired) electrons. The highest BCUT2D eigenvalue weighted by Gasteiger charge is 2.45. The maximum absolute atomic E-state index is 5.24. The molecular weight excluding hydrogens is 360 g/mol. The molecule has 2 aliphatic heterocycles. The van der Waals surface area contributed by atoms with Crippen molar-refractivity contribution < 1.29 is 0 Å². The van der Waals surface area contributed by atoms with E-state index in [2.05, 4.69) is 82.3 Å². The van der Waals surface area contributed by atoms with Crippen LogP contribution in [-0.4, -0.2) is 95.5 Å². The summed E-state index contributed by atoms with van der Waals surface area (Å²) in [5.74, 6) is 3.07. The van der Waals surface area contributed by atoms with Crippen molar-refractivity contribution in [1.29, 1.82) is 0 Å². The number of aliphatic imine (C=N–C) groups is 2. The third-order valence-electron chi connectivity index (χ3n) is 6.85. The second-order valence-electron chi connectivity index (χ2n) is 11.0. The average Bonchev–Trinajstić information content (AvgIpc) is 3.06. The normalized spacial score (nSPS) is 31.4. The molecule has 3 atom stereocenters. The Balaban J connectivity index is 1.70. The first-order valence-electron chi connectivity index (χ1n) is 11.5. The summed E-state index contributed by atoms with van der Waals surface area (Å²) in [6, 6.07) is 1.17. The zero-order valence-corrected chi connectivity index (χ0v) is 20.4. The molecule has 0 spiro atoms. The van der Waals surface area contributed by atoms with Crippen LogP contribution in [0.2, 0.25) is 0 Å². The highest BCUT2D eigenvalue weighted by Crippen LogP contribution is 2.39. The van der Waals surface area contributed by atoms with Gasteiger partial charge in [-0.15, -0.1) is 0 Å². The molecule has 1 unspecified atom stereocenters. The predicted octanol–water partition coefficient (Wildman–Crippen LogP) is 3.35. The summed E-state index contributed by atoms with van der Waals surface area (Å²) in [5.41, 5.74) is -0.0639. The van der Waals surface area contributed by atoms with Crippen LogP contribution in [0.1, 0.15) is 67.2 Å². The van der Waals surface area contributed by atoms with Gasteiger partial charge < -0.3 is 19.6 Å². The van der Waals surface area contributed by atoms with Gasteiger partial charge in [0.15, 0.2) is 11.9 Å². The maximum Gasteiger partial charge on any atom is 0.197 e. The number of guanidine groups is 2. The van der Waals surface area contributed by atoms with Crippen molar-refractivity contribution in [3.05, 3.63) is 0 Å². The molecular formula is C23H44N6. The summed E-state index contributed by atoms with van der Waals surface area (Å²) in [6.45, 7) is 16.7. The first-order valence-corrected chi connectivity index (χ1v) is 11.5. The fourth-order valence-electron chi connectivity index (χ4n) is 5.46. The summed E-state index contributed by atoms with van der Waals surface area (Å²) in [5, 5.41) is 0. The van der Waals surface area contributed by atoms with Gasteiger partial charge in [0.2, 0.25) is 0 Å². The summed E-state index contributed by atoms with van der Waals surface area (Å²) in [7, 11) is 6.65. The van der Waals surface area contributed by atoms with E-state index >= 15 is 0 Å². The van der Waals surface area contributed by atoms with Crippen LogP contribution in [0.3, 0.4) is 0 Å². The van der Waals surface area contributed by atoms with Crippen molar-refractivity contribution in [3.8, 4) is 0 Å². The van der Waals surface area contributed by atoms with Gasteiger partial charge in [-0.2, -0.15) is 0 Å². The number of fused-ring (bicyclic) bond motifs is 1. The maximum atomic E-state index is 5.24. The second-order valence-corrected chi connectivity index (χ2v) is 11.0. The average molecular weight is 405 g/mol. The lowest BCUT2D eigenvalue weighted by Crippen LogP contribution is -2.42. The number of nitrogens with zero attached hydrogens (tertiary/aromatic N) is 6. The SMILES string of the molecule is CCN1CCN(C)/C1=N\C(C)(C)CC1CC[C@H]2[C@@H](C1)N(C)/C(=N/C(C)(C)C)N2C. The minimum Gasteiger partial charge on any atom is -0.344 e. The summed E-state index contributed by atoms with van der Waals surface area (Å²) < 4.78 is 0. The van der Waals surface area contributed by atoms with Crippen LogP contribution in [0.4, 0.5) is 0 Å². The van der Waals surface area contributed by atoms with E-state index in [1.807, 2.05) is 0 Å². The van der Waals surface area contributed by atoms with Crippen LogP contribution in [-0.2, 0) is 0 Å². The van der Waals surface area contributed by atoms with Crippen molar-refractivity contribution in [1.82, 2.24) is 19.6 Å². The topological polar surface area (TPSA) is 37.7 Å². The molecule has 0 bridgehead atoms. The third kappa shape index (κ3) is 4.83. The molecule has 3 aliphatic rings. The van der Waals surface area contributed by atoms with Gasteiger partial charge in [-0.25, -0.2) is 9.98 Å². The van der Waals surface area contributed by atoms with Crippen LogP contribution in [0, 0.1) is 5.92 Å². The Hall–Kier alpha value is -1.46. The van der Waals surface area contributed by atoms with E-state index in [-0.39, 0.29) is 11.1 Å². The molecule has 29 heavy (non-hydrogen) atoms. The molecule has 3 rings (SSSR count). The molecule has 0 aromatic carbocycles. The molecule has 0 aromatic heterocycles. The van der Waals surface area contributed by atoms with Crippen molar-refractivity contribution >= 4 is 11.9 Å². The Labute approximate surface area is 179 Å². The van der Waals surface area contributed by atoms with E-state index in [4.69, 9.17) is 9.98 Å². The molecule has 1 aliphatic carbocycles. The molecule has 6 heteroatoms. The largest absolute Gasteiger partial charge is 0.344 e. The van der Waals surface area contributed by atoms with Crippen molar-refractivity contribution in [2.45, 2.75) is 90.4 Å². The molecule has 2 heterocycles. The molecule has 2 saturated heterocycles. The Kier molecular flexibility index (Phi) is 6.13. The molecule has 166 valence electrons. The van der Waals surface area contributed by atoms with E-state index in [0.717, 1.165) is 32.0 Å². The van der Waals surface area contributed by atoms with E-state index in [1.54, 1.807) is 0 Å². The number of hydrogen-bond donors (Lipinski definition) is 0. The van der Waals surface area contributed by atoms with Crippen LogP contribution in [0.5, 0.6) is 0 Å². The van der Waals surface area contributed by atoms with E-state index < -0.39 is 0 Å². The van der Waals surface area contributed by atoms with Gasteiger partial charge in [0, 0.05) is 40.8 Å². The number of likely N-dealkylation sites (N-methyl/N-ethyl adjacent to an activating group) is 4. The van der Waals surface area contributed by atoms with Gasteiger partial charge in [0.1, 0.15) is 0 Å². The first-order chi connectivity index (χ1) is 13.4. The van der Waals surface area contributed by atoms with Crippen LogP contribution >= 0.6 is 0 Å². The number of hydrogen-bond acceptors (Lipinski definition) is 2. The minimum absolute atomic E-state index is 0.0235. The molecule has 3 fully saturated rings. The van der Waals surface area contributed by atoms with Gasteiger partial charge in [0.05, 0.1) is 23.2 Å².